The van der Waals surface area contributed by atoms with Gasteiger partial charge in [0.2, 0.25) is 0 Å². The third kappa shape index (κ3) is 4.87. The monoisotopic (exact) mass is 329 g/mol. The van der Waals surface area contributed by atoms with Gasteiger partial charge < -0.3 is 10.4 Å². The molecule has 0 aliphatic heterocycles. The van der Waals surface area contributed by atoms with Gasteiger partial charge in [-0.3, -0.25) is 4.79 Å². The number of carbonyl (C=O) groups is 1. The summed E-state index contributed by atoms with van der Waals surface area (Å²) < 4.78 is 0. The van der Waals surface area contributed by atoms with E-state index in [-0.39, 0.29) is 5.92 Å². The van der Waals surface area contributed by atoms with E-state index in [0.29, 0.717) is 6.04 Å². The van der Waals surface area contributed by atoms with Gasteiger partial charge >= 0.3 is 5.97 Å². The summed E-state index contributed by atoms with van der Waals surface area (Å²) in [7, 11) is 0. The summed E-state index contributed by atoms with van der Waals surface area (Å²) in [4.78, 5) is 10.9. The Morgan fingerprint density at radius 3 is 2.38 bits per heavy atom. The zero-order chi connectivity index (χ0) is 15.2. The Morgan fingerprint density at radius 2 is 1.81 bits per heavy atom. The Bertz CT molecular complexity index is 465. The molecule has 0 amide bonds. The molecule has 5 heteroatoms. The first-order valence-electron chi connectivity index (χ1n) is 7.47. The van der Waals surface area contributed by atoms with Crippen LogP contribution in [0, 0.1) is 5.92 Å². The van der Waals surface area contributed by atoms with Crippen LogP contribution in [-0.2, 0) is 11.2 Å². The summed E-state index contributed by atoms with van der Waals surface area (Å²) in [5.41, 5.74) is 1.01. The summed E-state index contributed by atoms with van der Waals surface area (Å²) in [6.07, 6.45) is 5.29. The lowest BCUT2D eigenvalue weighted by atomic mass is 9.86. The normalized spacial score (nSPS) is 22.2. The Labute approximate surface area is 135 Å². The van der Waals surface area contributed by atoms with E-state index < -0.39 is 5.97 Å². The Kier molecular flexibility index (Phi) is 6.34. The van der Waals surface area contributed by atoms with Crippen LogP contribution in [0.2, 0.25) is 10.0 Å². The highest BCUT2D eigenvalue weighted by molar-refractivity contribution is 6.35. The summed E-state index contributed by atoms with van der Waals surface area (Å²) in [6, 6.07) is 6.03. The van der Waals surface area contributed by atoms with Crippen molar-refractivity contribution in [1.82, 2.24) is 5.32 Å². The molecular weight excluding hydrogens is 309 g/mol. The van der Waals surface area contributed by atoms with Crippen molar-refractivity contribution in [2.75, 3.05) is 6.54 Å². The fourth-order valence-electron chi connectivity index (χ4n) is 2.89. The highest BCUT2D eigenvalue weighted by Gasteiger charge is 2.25. The molecule has 21 heavy (non-hydrogen) atoms. The fourth-order valence-corrected chi connectivity index (χ4v) is 3.47. The van der Waals surface area contributed by atoms with Gasteiger partial charge in [0, 0.05) is 16.1 Å². The Morgan fingerprint density at radius 1 is 1.19 bits per heavy atom. The molecule has 0 spiro atoms. The first-order valence-corrected chi connectivity index (χ1v) is 8.22. The topological polar surface area (TPSA) is 49.3 Å². The van der Waals surface area contributed by atoms with Crippen LogP contribution in [0.3, 0.4) is 0 Å². The van der Waals surface area contributed by atoms with Gasteiger partial charge in [0.25, 0.3) is 0 Å². The molecule has 1 aliphatic rings. The predicted molar refractivity (Wildman–Crippen MR) is 86.2 cm³/mol. The fraction of sp³-hybridized carbons (Fsp3) is 0.562. The van der Waals surface area contributed by atoms with Crippen LogP contribution in [-0.4, -0.2) is 23.7 Å². The highest BCUT2D eigenvalue weighted by Crippen LogP contribution is 2.26. The molecule has 1 saturated carbocycles. The molecule has 0 heterocycles. The molecular formula is C16H21Cl2NO2. The second kappa shape index (κ2) is 8.02. The van der Waals surface area contributed by atoms with Crippen LogP contribution in [0.25, 0.3) is 0 Å². The molecule has 0 aromatic heterocycles. The van der Waals surface area contributed by atoms with Crippen molar-refractivity contribution in [2.24, 2.45) is 5.92 Å². The maximum absolute atomic E-state index is 10.9. The third-order valence-corrected chi connectivity index (χ3v) is 4.88. The molecule has 0 atom stereocenters. The Balaban J connectivity index is 1.68. The largest absolute Gasteiger partial charge is 0.481 e. The number of rotatable bonds is 6. The number of aliphatic carboxylic acids is 1. The third-order valence-electron chi connectivity index (χ3n) is 4.17. The lowest BCUT2D eigenvalue weighted by Crippen LogP contribution is -2.35. The van der Waals surface area contributed by atoms with E-state index in [1.54, 1.807) is 0 Å². The van der Waals surface area contributed by atoms with E-state index in [1.807, 2.05) is 18.2 Å². The van der Waals surface area contributed by atoms with Crippen molar-refractivity contribution in [3.63, 3.8) is 0 Å². The molecule has 1 aromatic carbocycles. The SMILES string of the molecule is O=C(O)C1CCC(NCCCc2c(Cl)cccc2Cl)CC1. The quantitative estimate of drug-likeness (QED) is 0.770. The number of hydrogen-bond acceptors (Lipinski definition) is 2. The number of halogens is 2. The molecule has 116 valence electrons. The summed E-state index contributed by atoms with van der Waals surface area (Å²) >= 11 is 12.3. The molecule has 0 radical (unpaired) electrons. The van der Waals surface area contributed by atoms with Crippen LogP contribution in [0.5, 0.6) is 0 Å². The molecule has 0 bridgehead atoms. The van der Waals surface area contributed by atoms with Crippen LogP contribution in [0.4, 0.5) is 0 Å². The average molecular weight is 330 g/mol. The van der Waals surface area contributed by atoms with E-state index in [1.165, 1.54) is 0 Å². The first-order chi connectivity index (χ1) is 10.1. The number of carboxylic acid groups (broad SMARTS) is 1. The number of hydrogen-bond donors (Lipinski definition) is 2. The van der Waals surface area contributed by atoms with Gasteiger partial charge in [-0.25, -0.2) is 0 Å². The van der Waals surface area contributed by atoms with Gasteiger partial charge in [-0.15, -0.1) is 0 Å². The molecule has 0 saturated heterocycles. The summed E-state index contributed by atoms with van der Waals surface area (Å²) in [6.45, 7) is 0.907. The van der Waals surface area contributed by atoms with E-state index >= 15 is 0 Å². The zero-order valence-corrected chi connectivity index (χ0v) is 13.5. The lowest BCUT2D eigenvalue weighted by molar-refractivity contribution is -0.142. The molecule has 1 fully saturated rings. The van der Waals surface area contributed by atoms with Gasteiger partial charge in [0.15, 0.2) is 0 Å². The predicted octanol–water partition coefficient (Wildman–Crippen LogP) is 4.16. The molecule has 0 unspecified atom stereocenters. The van der Waals surface area contributed by atoms with E-state index in [9.17, 15) is 4.79 Å². The number of benzene rings is 1. The van der Waals surface area contributed by atoms with E-state index in [2.05, 4.69) is 5.32 Å². The number of carboxylic acids is 1. The van der Waals surface area contributed by atoms with Gasteiger partial charge in [-0.2, -0.15) is 0 Å². The van der Waals surface area contributed by atoms with Crippen molar-refractivity contribution in [1.29, 1.82) is 0 Å². The zero-order valence-electron chi connectivity index (χ0n) is 11.9. The van der Waals surface area contributed by atoms with Gasteiger partial charge in [-0.05, 0) is 62.8 Å². The molecule has 3 nitrogen and oxygen atoms in total. The van der Waals surface area contributed by atoms with Crippen LogP contribution in [0.1, 0.15) is 37.7 Å². The van der Waals surface area contributed by atoms with Gasteiger partial charge in [-0.1, -0.05) is 29.3 Å². The van der Waals surface area contributed by atoms with Gasteiger partial charge in [0.1, 0.15) is 0 Å². The summed E-state index contributed by atoms with van der Waals surface area (Å²) in [5, 5.41) is 13.9. The first kappa shape index (κ1) is 16.6. The standard InChI is InChI=1S/C16H21Cl2NO2/c17-14-4-1-5-15(18)13(14)3-2-10-19-12-8-6-11(7-9-12)16(20)21/h1,4-5,11-12,19H,2-3,6-10H2,(H,20,21). The van der Waals surface area contributed by atoms with Crippen LogP contribution >= 0.6 is 23.2 Å². The average Bonchev–Trinajstić information content (AvgIpc) is 2.46. The molecule has 1 aromatic rings. The van der Waals surface area contributed by atoms with Crippen molar-refractivity contribution >= 4 is 29.2 Å². The van der Waals surface area contributed by atoms with Crippen molar-refractivity contribution < 1.29 is 9.90 Å². The van der Waals surface area contributed by atoms with Crippen LogP contribution in [0.15, 0.2) is 18.2 Å². The smallest absolute Gasteiger partial charge is 0.306 e. The highest BCUT2D eigenvalue weighted by atomic mass is 35.5. The van der Waals surface area contributed by atoms with Crippen LogP contribution < -0.4 is 5.32 Å². The van der Waals surface area contributed by atoms with E-state index in [4.69, 9.17) is 28.3 Å². The Hall–Kier alpha value is -0.770. The minimum absolute atomic E-state index is 0.148. The van der Waals surface area contributed by atoms with Crippen molar-refractivity contribution in [2.45, 2.75) is 44.6 Å². The van der Waals surface area contributed by atoms with Crippen molar-refractivity contribution in [3.05, 3.63) is 33.8 Å². The van der Waals surface area contributed by atoms with E-state index in [0.717, 1.165) is 60.7 Å². The van der Waals surface area contributed by atoms with Crippen molar-refractivity contribution in [3.8, 4) is 0 Å². The minimum atomic E-state index is -0.651. The maximum atomic E-state index is 10.9. The second-order valence-electron chi connectivity index (χ2n) is 5.64. The van der Waals surface area contributed by atoms with Gasteiger partial charge in [0.05, 0.1) is 5.92 Å². The minimum Gasteiger partial charge on any atom is -0.481 e. The second-order valence-corrected chi connectivity index (χ2v) is 6.46. The maximum Gasteiger partial charge on any atom is 0.306 e. The molecule has 1 aliphatic carbocycles. The lowest BCUT2D eigenvalue weighted by Gasteiger charge is -2.27. The molecule has 2 N–H and O–H groups in total. The summed E-state index contributed by atoms with van der Waals surface area (Å²) in [5.74, 6) is -0.799. The molecule has 2 rings (SSSR count). The number of nitrogens with one attached hydrogen (secondary N) is 1.